The lowest BCUT2D eigenvalue weighted by atomic mass is 10.1. The number of hydrogen-bond donors (Lipinski definition) is 2. The fourth-order valence-electron chi connectivity index (χ4n) is 1.81. The molecule has 2 atom stereocenters. The first-order valence-electron chi connectivity index (χ1n) is 6.29. The van der Waals surface area contributed by atoms with Crippen molar-refractivity contribution in [3.8, 4) is 0 Å². The highest BCUT2D eigenvalue weighted by molar-refractivity contribution is 6.30. The molecule has 0 spiro atoms. The van der Waals surface area contributed by atoms with E-state index in [4.69, 9.17) is 16.3 Å². The van der Waals surface area contributed by atoms with Crippen LogP contribution in [-0.2, 0) is 9.53 Å². The van der Waals surface area contributed by atoms with E-state index in [2.05, 4.69) is 10.6 Å². The van der Waals surface area contributed by atoms with Crippen LogP contribution in [0.3, 0.4) is 0 Å². The third kappa shape index (κ3) is 6.09. The molecule has 0 saturated heterocycles. The molecule has 0 aliphatic carbocycles. The molecule has 0 fully saturated rings. The molecular weight excluding hydrogens is 299 g/mol. The van der Waals surface area contributed by atoms with Crippen molar-refractivity contribution in [2.24, 2.45) is 5.92 Å². The Morgan fingerprint density at radius 1 is 1.40 bits per heavy atom. The van der Waals surface area contributed by atoms with Crippen LogP contribution in [0, 0.1) is 5.92 Å². The van der Waals surface area contributed by atoms with Crippen LogP contribution in [0.1, 0.15) is 18.6 Å². The van der Waals surface area contributed by atoms with E-state index >= 15 is 0 Å². The maximum absolute atomic E-state index is 11.8. The lowest BCUT2D eigenvalue weighted by Gasteiger charge is -2.18. The van der Waals surface area contributed by atoms with E-state index in [0.717, 1.165) is 5.56 Å². The van der Waals surface area contributed by atoms with Crippen molar-refractivity contribution in [2.45, 2.75) is 13.0 Å². The molecule has 0 aromatic heterocycles. The minimum Gasteiger partial charge on any atom is -0.375 e. The predicted octanol–water partition coefficient (Wildman–Crippen LogP) is 2.42. The molecule has 20 heavy (non-hydrogen) atoms. The van der Waals surface area contributed by atoms with Gasteiger partial charge in [-0.1, -0.05) is 30.7 Å². The van der Waals surface area contributed by atoms with Gasteiger partial charge >= 0.3 is 0 Å². The predicted molar refractivity (Wildman–Crippen MR) is 84.6 cm³/mol. The minimum atomic E-state index is -0.190. The third-order valence-electron chi connectivity index (χ3n) is 2.92. The Kier molecular flexibility index (Phi) is 9.59. The number of nitrogens with one attached hydrogen (secondary N) is 2. The van der Waals surface area contributed by atoms with E-state index in [9.17, 15) is 4.79 Å². The number of amides is 1. The van der Waals surface area contributed by atoms with Gasteiger partial charge in [0, 0.05) is 31.1 Å². The lowest BCUT2D eigenvalue weighted by Crippen LogP contribution is -2.36. The Morgan fingerprint density at radius 3 is 2.65 bits per heavy atom. The zero-order valence-electron chi connectivity index (χ0n) is 12.0. The number of hydrogen-bond acceptors (Lipinski definition) is 3. The number of ether oxygens (including phenoxy) is 1. The average Bonchev–Trinajstić information content (AvgIpc) is 2.39. The molecule has 0 heterocycles. The Hall–Kier alpha value is -0.810. The molecule has 0 aliphatic rings. The first-order valence-corrected chi connectivity index (χ1v) is 6.66. The summed E-state index contributed by atoms with van der Waals surface area (Å²) in [5, 5.41) is 6.53. The van der Waals surface area contributed by atoms with Crippen LogP contribution in [0.5, 0.6) is 0 Å². The Bertz CT molecular complexity index is 416. The summed E-state index contributed by atoms with van der Waals surface area (Å²) in [7, 11) is 3.45. The van der Waals surface area contributed by atoms with Gasteiger partial charge < -0.3 is 15.4 Å². The molecule has 0 bridgehead atoms. The summed E-state index contributed by atoms with van der Waals surface area (Å²) in [4.78, 5) is 11.8. The number of carbonyl (C=O) groups excluding carboxylic acids is 1. The molecule has 6 heteroatoms. The van der Waals surface area contributed by atoms with Crippen LogP contribution in [-0.4, -0.2) is 33.2 Å². The summed E-state index contributed by atoms with van der Waals surface area (Å²) in [6.07, 6.45) is -0.190. The summed E-state index contributed by atoms with van der Waals surface area (Å²) < 4.78 is 5.39. The number of halogens is 2. The van der Waals surface area contributed by atoms with Gasteiger partial charge in [-0.15, -0.1) is 12.4 Å². The fourth-order valence-corrected chi connectivity index (χ4v) is 2.01. The van der Waals surface area contributed by atoms with Crippen LogP contribution in [0.15, 0.2) is 24.3 Å². The minimum absolute atomic E-state index is 0. The SMILES string of the molecule is CNCC(C)C(=O)NCC(OC)c1cccc(Cl)c1.Cl. The Labute approximate surface area is 131 Å². The lowest BCUT2D eigenvalue weighted by molar-refractivity contribution is -0.124. The molecule has 1 rings (SSSR count). The number of benzene rings is 1. The molecule has 114 valence electrons. The van der Waals surface area contributed by atoms with E-state index in [0.29, 0.717) is 18.1 Å². The van der Waals surface area contributed by atoms with Crippen molar-refractivity contribution in [2.75, 3.05) is 27.2 Å². The summed E-state index contributed by atoms with van der Waals surface area (Å²) in [5.74, 6) is -0.0553. The van der Waals surface area contributed by atoms with Crippen LogP contribution in [0.25, 0.3) is 0 Å². The molecule has 1 amide bonds. The molecule has 1 aromatic rings. The van der Waals surface area contributed by atoms with Crippen LogP contribution >= 0.6 is 24.0 Å². The van der Waals surface area contributed by atoms with Gasteiger partial charge in [0.15, 0.2) is 0 Å². The summed E-state index contributed by atoms with van der Waals surface area (Å²) in [6.45, 7) is 2.97. The molecule has 0 saturated carbocycles. The van der Waals surface area contributed by atoms with Crippen LogP contribution in [0.2, 0.25) is 5.02 Å². The summed E-state index contributed by atoms with van der Waals surface area (Å²) in [5.41, 5.74) is 0.955. The number of rotatable bonds is 7. The second-order valence-electron chi connectivity index (χ2n) is 4.48. The molecule has 0 aliphatic heterocycles. The second kappa shape index (κ2) is 10.00. The average molecular weight is 321 g/mol. The van der Waals surface area contributed by atoms with Crippen molar-refractivity contribution >= 4 is 29.9 Å². The standard InChI is InChI=1S/C14H21ClN2O2.ClH/c1-10(8-16-2)14(18)17-9-13(19-3)11-5-4-6-12(15)7-11;/h4-7,10,13,16H,8-9H2,1-3H3,(H,17,18);1H. The smallest absolute Gasteiger partial charge is 0.224 e. The molecule has 0 radical (unpaired) electrons. The molecular formula is C14H22Cl2N2O2. The van der Waals surface area contributed by atoms with Crippen molar-refractivity contribution in [1.29, 1.82) is 0 Å². The second-order valence-corrected chi connectivity index (χ2v) is 4.92. The summed E-state index contributed by atoms with van der Waals surface area (Å²) in [6, 6.07) is 7.46. The maximum Gasteiger partial charge on any atom is 0.224 e. The number of methoxy groups -OCH3 is 1. The first-order chi connectivity index (χ1) is 9.08. The molecule has 2 N–H and O–H groups in total. The monoisotopic (exact) mass is 320 g/mol. The fraction of sp³-hybridized carbons (Fsp3) is 0.500. The summed E-state index contributed by atoms with van der Waals surface area (Å²) >= 11 is 5.95. The molecule has 2 unspecified atom stereocenters. The van der Waals surface area contributed by atoms with Gasteiger partial charge in [0.25, 0.3) is 0 Å². The van der Waals surface area contributed by atoms with Gasteiger partial charge in [-0.3, -0.25) is 4.79 Å². The van der Waals surface area contributed by atoms with E-state index in [1.54, 1.807) is 7.11 Å². The highest BCUT2D eigenvalue weighted by Crippen LogP contribution is 2.19. The van der Waals surface area contributed by atoms with E-state index in [1.807, 2.05) is 38.2 Å². The molecule has 1 aromatic carbocycles. The van der Waals surface area contributed by atoms with Crippen molar-refractivity contribution in [3.63, 3.8) is 0 Å². The topological polar surface area (TPSA) is 50.4 Å². The molecule has 4 nitrogen and oxygen atoms in total. The van der Waals surface area contributed by atoms with Gasteiger partial charge in [0.1, 0.15) is 0 Å². The van der Waals surface area contributed by atoms with Gasteiger partial charge in [0.2, 0.25) is 5.91 Å². The van der Waals surface area contributed by atoms with Crippen LogP contribution in [0.4, 0.5) is 0 Å². The quantitative estimate of drug-likeness (QED) is 0.811. The van der Waals surface area contributed by atoms with Crippen LogP contribution < -0.4 is 10.6 Å². The Balaban J connectivity index is 0.00000361. The normalized spacial score (nSPS) is 13.2. The van der Waals surface area contributed by atoms with Gasteiger partial charge in [-0.2, -0.15) is 0 Å². The third-order valence-corrected chi connectivity index (χ3v) is 3.16. The first kappa shape index (κ1) is 19.2. The highest BCUT2D eigenvalue weighted by atomic mass is 35.5. The van der Waals surface area contributed by atoms with Gasteiger partial charge in [0.05, 0.1) is 6.10 Å². The van der Waals surface area contributed by atoms with Crippen molar-refractivity contribution in [3.05, 3.63) is 34.9 Å². The zero-order chi connectivity index (χ0) is 14.3. The van der Waals surface area contributed by atoms with Gasteiger partial charge in [-0.25, -0.2) is 0 Å². The highest BCUT2D eigenvalue weighted by Gasteiger charge is 2.15. The van der Waals surface area contributed by atoms with Crippen molar-refractivity contribution in [1.82, 2.24) is 10.6 Å². The maximum atomic E-state index is 11.8. The van der Waals surface area contributed by atoms with Crippen molar-refractivity contribution < 1.29 is 9.53 Å². The largest absolute Gasteiger partial charge is 0.375 e. The van der Waals surface area contributed by atoms with E-state index in [1.165, 1.54) is 0 Å². The van der Waals surface area contributed by atoms with Gasteiger partial charge in [-0.05, 0) is 24.7 Å². The number of carbonyl (C=O) groups is 1. The zero-order valence-corrected chi connectivity index (χ0v) is 13.6. The van der Waals surface area contributed by atoms with E-state index < -0.39 is 0 Å². The Morgan fingerprint density at radius 2 is 2.10 bits per heavy atom. The van der Waals surface area contributed by atoms with E-state index in [-0.39, 0.29) is 30.3 Å².